The van der Waals surface area contributed by atoms with Crippen LogP contribution < -0.4 is 22.2 Å². The largest absolute Gasteiger partial charge is 0.432 e. The Morgan fingerprint density at radius 3 is 2.42 bits per heavy atom. The third-order valence-corrected chi connectivity index (χ3v) is 7.58. The molecule has 3 fully saturated rings. The van der Waals surface area contributed by atoms with Gasteiger partial charge in [0.25, 0.3) is 13.4 Å². The van der Waals surface area contributed by atoms with E-state index in [1.54, 1.807) is 0 Å². The fraction of sp³-hybridized carbons (Fsp3) is 0.864. The van der Waals surface area contributed by atoms with Crippen LogP contribution in [0.3, 0.4) is 0 Å². The molecule has 0 aromatic carbocycles. The van der Waals surface area contributed by atoms with Crippen LogP contribution in [0.5, 0.6) is 0 Å². The van der Waals surface area contributed by atoms with E-state index in [-0.39, 0.29) is 43.3 Å². The SMILES string of the molecule is CC(=O)N[C@@H](C)C(=O)N(N)CC(=O)N[C@H](BOC1C[C@@H]2C[C@@H](C2(C)C)[C@]1(C)O)CCCCN. The molecule has 0 saturated heterocycles. The van der Waals surface area contributed by atoms with Crippen LogP contribution in [0.2, 0.25) is 0 Å². The molecule has 0 aromatic rings. The number of nitrogens with one attached hydrogen (secondary N) is 2. The molecule has 0 spiro atoms. The highest BCUT2D eigenvalue weighted by molar-refractivity contribution is 6.30. The molecule has 3 aliphatic rings. The van der Waals surface area contributed by atoms with Crippen LogP contribution in [0.25, 0.3) is 0 Å². The predicted octanol–water partition coefficient (Wildman–Crippen LogP) is -0.662. The molecule has 3 amide bonds. The topological polar surface area (TPSA) is 160 Å². The van der Waals surface area contributed by atoms with Crippen LogP contribution in [0, 0.1) is 17.3 Å². The maximum Gasteiger partial charge on any atom is 0.298 e. The van der Waals surface area contributed by atoms with E-state index in [9.17, 15) is 19.5 Å². The molecule has 3 aliphatic carbocycles. The zero-order valence-electron chi connectivity index (χ0n) is 20.7. The van der Waals surface area contributed by atoms with Gasteiger partial charge in [-0.3, -0.25) is 19.4 Å². The van der Waals surface area contributed by atoms with Crippen molar-refractivity contribution < 1.29 is 24.1 Å². The zero-order valence-corrected chi connectivity index (χ0v) is 20.7. The summed E-state index contributed by atoms with van der Waals surface area (Å²) in [5.41, 5.74) is 4.81. The Morgan fingerprint density at radius 2 is 1.88 bits per heavy atom. The Morgan fingerprint density at radius 1 is 1.21 bits per heavy atom. The van der Waals surface area contributed by atoms with Crippen molar-refractivity contribution in [2.24, 2.45) is 28.8 Å². The van der Waals surface area contributed by atoms with Gasteiger partial charge in [0.1, 0.15) is 12.6 Å². The van der Waals surface area contributed by atoms with Crippen LogP contribution in [0.15, 0.2) is 0 Å². The third-order valence-electron chi connectivity index (χ3n) is 7.58. The molecule has 7 N–H and O–H groups in total. The van der Waals surface area contributed by atoms with E-state index >= 15 is 0 Å². The molecule has 11 heteroatoms. The van der Waals surface area contributed by atoms with Crippen molar-refractivity contribution in [2.45, 2.75) is 90.4 Å². The maximum atomic E-state index is 12.6. The molecule has 3 saturated carbocycles. The number of aliphatic hydroxyl groups is 1. The first-order valence-corrected chi connectivity index (χ1v) is 12.0. The van der Waals surface area contributed by atoms with Gasteiger partial charge in [0, 0.05) is 12.9 Å². The molecule has 188 valence electrons. The first-order chi connectivity index (χ1) is 15.3. The predicted molar refractivity (Wildman–Crippen MR) is 127 cm³/mol. The highest BCUT2D eigenvalue weighted by Crippen LogP contribution is 2.63. The molecule has 6 atom stereocenters. The lowest BCUT2D eigenvalue weighted by Crippen LogP contribution is -2.67. The van der Waals surface area contributed by atoms with Gasteiger partial charge in [-0.2, -0.15) is 0 Å². The summed E-state index contributed by atoms with van der Waals surface area (Å²) in [5, 5.41) is 17.3. The van der Waals surface area contributed by atoms with Gasteiger partial charge in [-0.15, -0.1) is 0 Å². The highest BCUT2D eigenvalue weighted by Gasteiger charge is 2.63. The lowest BCUT2D eigenvalue weighted by molar-refractivity contribution is -0.239. The van der Waals surface area contributed by atoms with Gasteiger partial charge in [0.05, 0.1) is 11.7 Å². The number of hydrazine groups is 1. The van der Waals surface area contributed by atoms with E-state index < -0.39 is 23.5 Å². The highest BCUT2D eigenvalue weighted by atomic mass is 16.5. The summed E-state index contributed by atoms with van der Waals surface area (Å²) in [6, 6.07) is -0.826. The molecule has 0 heterocycles. The average molecular weight is 467 g/mol. The molecule has 0 aromatic heterocycles. The molecule has 0 radical (unpaired) electrons. The van der Waals surface area contributed by atoms with Gasteiger partial charge in [-0.05, 0) is 63.3 Å². The fourth-order valence-corrected chi connectivity index (χ4v) is 5.45. The summed E-state index contributed by atoms with van der Waals surface area (Å²) in [5.74, 6) is 4.86. The molecule has 33 heavy (non-hydrogen) atoms. The van der Waals surface area contributed by atoms with Crippen LogP contribution in [-0.2, 0) is 19.0 Å². The summed E-state index contributed by atoms with van der Waals surface area (Å²) in [6.45, 7) is 9.30. The van der Waals surface area contributed by atoms with Crippen LogP contribution in [-0.4, -0.2) is 72.1 Å². The third kappa shape index (κ3) is 6.68. The van der Waals surface area contributed by atoms with Gasteiger partial charge in [0.2, 0.25) is 11.8 Å². The molecule has 2 bridgehead atoms. The first-order valence-electron chi connectivity index (χ1n) is 12.0. The van der Waals surface area contributed by atoms with Gasteiger partial charge < -0.3 is 26.1 Å². The molecule has 10 nitrogen and oxygen atoms in total. The van der Waals surface area contributed by atoms with Crippen molar-refractivity contribution in [2.75, 3.05) is 13.1 Å². The van der Waals surface area contributed by atoms with Crippen molar-refractivity contribution in [3.8, 4) is 0 Å². The van der Waals surface area contributed by atoms with E-state index in [0.717, 1.165) is 30.7 Å². The van der Waals surface area contributed by atoms with Crippen molar-refractivity contribution in [1.29, 1.82) is 0 Å². The minimum atomic E-state index is -0.912. The number of hydrogen-bond donors (Lipinski definition) is 5. The Kier molecular flexibility index (Phi) is 9.32. The summed E-state index contributed by atoms with van der Waals surface area (Å²) in [4.78, 5) is 35.9. The van der Waals surface area contributed by atoms with Gasteiger partial charge in [-0.1, -0.05) is 20.3 Å². The lowest BCUT2D eigenvalue weighted by Gasteiger charge is -2.65. The molecular formula is C22H42BN5O5. The number of rotatable bonds is 12. The van der Waals surface area contributed by atoms with Crippen molar-refractivity contribution in [3.63, 3.8) is 0 Å². The van der Waals surface area contributed by atoms with Crippen LogP contribution >= 0.6 is 0 Å². The van der Waals surface area contributed by atoms with E-state index in [0.29, 0.717) is 18.9 Å². The fourth-order valence-electron chi connectivity index (χ4n) is 5.45. The second-order valence-electron chi connectivity index (χ2n) is 10.5. The number of hydrogen-bond acceptors (Lipinski definition) is 7. The standard InChI is InChI=1S/C22H42BN5O5/c1-13(26-14(2)29)20(31)28(25)12-19(30)27-18(8-6-7-9-24)23-33-17-11-15-10-16(21(15,3)4)22(17,5)32/h13,15-18,23,32H,6-12,24-25H2,1-5H3,(H,26,29)(H,27,30)/t13-,15-,16-,17?,18-,22-/m0/s1. The number of carbonyl (C=O) groups excluding carboxylic acids is 3. The summed E-state index contributed by atoms with van der Waals surface area (Å²) < 4.78 is 6.17. The quantitative estimate of drug-likeness (QED) is 0.0837. The zero-order chi connectivity index (χ0) is 25.0. The van der Waals surface area contributed by atoms with Gasteiger partial charge in [0.15, 0.2) is 0 Å². The second kappa shape index (κ2) is 11.2. The number of amides is 3. The normalized spacial score (nSPS) is 29.3. The molecule has 0 aliphatic heterocycles. The van der Waals surface area contributed by atoms with E-state index in [4.69, 9.17) is 16.2 Å². The lowest BCUT2D eigenvalue weighted by atomic mass is 9.43. The van der Waals surface area contributed by atoms with Crippen LogP contribution in [0.4, 0.5) is 0 Å². The maximum absolute atomic E-state index is 12.6. The number of nitrogens with two attached hydrogens (primary N) is 2. The summed E-state index contributed by atoms with van der Waals surface area (Å²) in [7, 11) is 0.262. The van der Waals surface area contributed by atoms with Crippen molar-refractivity contribution in [3.05, 3.63) is 0 Å². The summed E-state index contributed by atoms with van der Waals surface area (Å²) >= 11 is 0. The minimum absolute atomic E-state index is 0.115. The number of nitrogens with zero attached hydrogens (tertiary/aromatic N) is 1. The van der Waals surface area contributed by atoms with E-state index in [1.807, 2.05) is 6.92 Å². The second-order valence-corrected chi connectivity index (χ2v) is 10.5. The smallest absolute Gasteiger partial charge is 0.298 e. The molecular weight excluding hydrogens is 425 g/mol. The molecule has 3 rings (SSSR count). The molecule has 1 unspecified atom stereocenters. The van der Waals surface area contributed by atoms with Gasteiger partial charge >= 0.3 is 0 Å². The first kappa shape index (κ1) is 27.6. The van der Waals surface area contributed by atoms with E-state index in [1.165, 1.54) is 13.8 Å². The Hall–Kier alpha value is -1.69. The number of unbranched alkanes of at least 4 members (excludes halogenated alkanes) is 1. The number of carbonyl (C=O) groups is 3. The number of fused-ring (bicyclic) bond motifs is 2. The van der Waals surface area contributed by atoms with E-state index in [2.05, 4.69) is 24.5 Å². The average Bonchev–Trinajstić information content (AvgIpc) is 2.70. The summed E-state index contributed by atoms with van der Waals surface area (Å²) in [6.07, 6.45) is 3.84. The van der Waals surface area contributed by atoms with Crippen molar-refractivity contribution >= 4 is 25.2 Å². The Balaban J connectivity index is 1.91. The van der Waals surface area contributed by atoms with Gasteiger partial charge in [-0.25, -0.2) is 5.84 Å². The minimum Gasteiger partial charge on any atom is -0.432 e. The Labute approximate surface area is 197 Å². The monoisotopic (exact) mass is 467 g/mol. The van der Waals surface area contributed by atoms with Crippen LogP contribution in [0.1, 0.15) is 66.7 Å². The Bertz CT molecular complexity index is 719. The van der Waals surface area contributed by atoms with Crippen molar-refractivity contribution in [1.82, 2.24) is 15.6 Å².